The van der Waals surface area contributed by atoms with Crippen molar-refractivity contribution in [2.75, 3.05) is 5.73 Å². The second kappa shape index (κ2) is 6.55. The Balaban J connectivity index is 1.92. The number of nitrogens with one attached hydrogen (secondary N) is 1. The third-order valence-electron chi connectivity index (χ3n) is 3.98. The number of pyridine rings is 1. The van der Waals surface area contributed by atoms with Gasteiger partial charge in [-0.2, -0.15) is 0 Å². The normalized spacial score (nSPS) is 18.6. The number of nitrogen functional groups attached to an aromatic ring is 1. The van der Waals surface area contributed by atoms with Gasteiger partial charge in [-0.15, -0.1) is 0 Å². The molecule has 1 aromatic rings. The average Bonchev–Trinajstić information content (AvgIpc) is 2.68. The minimum absolute atomic E-state index is 0.100. The van der Waals surface area contributed by atoms with Gasteiger partial charge in [-0.3, -0.25) is 4.79 Å². The molecule has 1 aromatic heterocycles. The average molecular weight is 261 g/mol. The summed E-state index contributed by atoms with van der Waals surface area (Å²) in [5.74, 6) is 0.497. The Kier molecular flexibility index (Phi) is 4.77. The summed E-state index contributed by atoms with van der Waals surface area (Å²) in [6.45, 7) is 2.10. The largest absolute Gasteiger partial charge is 0.397 e. The van der Waals surface area contributed by atoms with Gasteiger partial charge in [0.25, 0.3) is 5.91 Å². The predicted octanol–water partition coefficient (Wildman–Crippen LogP) is 2.75. The summed E-state index contributed by atoms with van der Waals surface area (Å²) in [4.78, 5) is 16.1. The van der Waals surface area contributed by atoms with Crippen LogP contribution in [0.1, 0.15) is 55.9 Å². The first-order valence-electron chi connectivity index (χ1n) is 7.19. The number of anilines is 1. The number of rotatable bonds is 3. The molecule has 1 fully saturated rings. The number of carbonyl (C=O) groups excluding carboxylic acids is 1. The van der Waals surface area contributed by atoms with Gasteiger partial charge < -0.3 is 11.1 Å². The van der Waals surface area contributed by atoms with Crippen molar-refractivity contribution in [3.63, 3.8) is 0 Å². The lowest BCUT2D eigenvalue weighted by Gasteiger charge is -2.23. The fraction of sp³-hybridized carbons (Fsp3) is 0.600. The van der Waals surface area contributed by atoms with Crippen LogP contribution < -0.4 is 11.1 Å². The molecule has 19 heavy (non-hydrogen) atoms. The highest BCUT2D eigenvalue weighted by Crippen LogP contribution is 2.25. The van der Waals surface area contributed by atoms with Crippen LogP contribution in [0.4, 0.5) is 5.69 Å². The first-order valence-corrected chi connectivity index (χ1v) is 7.19. The molecule has 0 aliphatic heterocycles. The fourth-order valence-electron chi connectivity index (χ4n) is 2.75. The quantitative estimate of drug-likeness (QED) is 0.822. The van der Waals surface area contributed by atoms with E-state index in [0.29, 0.717) is 17.3 Å². The summed E-state index contributed by atoms with van der Waals surface area (Å²) in [6.07, 6.45) is 9.18. The number of carbonyl (C=O) groups is 1. The minimum Gasteiger partial charge on any atom is -0.397 e. The third-order valence-corrected chi connectivity index (χ3v) is 3.98. The predicted molar refractivity (Wildman–Crippen MR) is 76.8 cm³/mol. The molecule has 1 amide bonds. The number of nitrogens with zero attached hydrogens (tertiary/aromatic N) is 1. The van der Waals surface area contributed by atoms with Crippen molar-refractivity contribution in [2.45, 2.75) is 51.5 Å². The van der Waals surface area contributed by atoms with Gasteiger partial charge in [0.15, 0.2) is 0 Å². The molecule has 0 saturated heterocycles. The summed E-state index contributed by atoms with van der Waals surface area (Å²) in [5, 5.41) is 3.07. The monoisotopic (exact) mass is 261 g/mol. The Morgan fingerprint density at radius 1 is 1.32 bits per heavy atom. The zero-order chi connectivity index (χ0) is 13.7. The van der Waals surface area contributed by atoms with Gasteiger partial charge in [0.2, 0.25) is 0 Å². The van der Waals surface area contributed by atoms with Crippen molar-refractivity contribution in [3.8, 4) is 0 Å². The Labute approximate surface area is 114 Å². The maximum atomic E-state index is 12.1. The van der Waals surface area contributed by atoms with E-state index in [1.54, 1.807) is 12.1 Å². The molecule has 0 radical (unpaired) electrons. The van der Waals surface area contributed by atoms with E-state index in [4.69, 9.17) is 5.73 Å². The van der Waals surface area contributed by atoms with Gasteiger partial charge in [0, 0.05) is 6.04 Å². The number of nitrogens with two attached hydrogens (primary N) is 1. The van der Waals surface area contributed by atoms with Crippen LogP contribution in [0, 0.1) is 5.92 Å². The molecular weight excluding hydrogens is 238 g/mol. The molecule has 1 aliphatic rings. The van der Waals surface area contributed by atoms with Gasteiger partial charge >= 0.3 is 0 Å². The zero-order valence-corrected chi connectivity index (χ0v) is 11.6. The van der Waals surface area contributed by atoms with E-state index in [1.807, 2.05) is 0 Å². The van der Waals surface area contributed by atoms with Crippen LogP contribution in [0.15, 0.2) is 18.3 Å². The molecule has 0 unspecified atom stereocenters. The van der Waals surface area contributed by atoms with Crippen molar-refractivity contribution in [1.29, 1.82) is 0 Å². The van der Waals surface area contributed by atoms with Crippen molar-refractivity contribution in [2.24, 2.45) is 5.92 Å². The summed E-state index contributed by atoms with van der Waals surface area (Å²) < 4.78 is 0. The SMILES string of the molecule is C[C@@H](NC(=O)c1ccc(N)cn1)C1CCCCCC1. The molecule has 0 bridgehead atoms. The van der Waals surface area contributed by atoms with Gasteiger partial charge in [0.05, 0.1) is 11.9 Å². The first-order chi connectivity index (χ1) is 9.16. The smallest absolute Gasteiger partial charge is 0.270 e. The number of amides is 1. The van der Waals surface area contributed by atoms with Gasteiger partial charge in [-0.05, 0) is 37.8 Å². The topological polar surface area (TPSA) is 68.0 Å². The highest BCUT2D eigenvalue weighted by molar-refractivity contribution is 5.92. The third kappa shape index (κ3) is 3.94. The molecule has 4 nitrogen and oxygen atoms in total. The lowest BCUT2D eigenvalue weighted by Crippen LogP contribution is -2.38. The molecule has 1 atom stereocenters. The number of hydrogen-bond acceptors (Lipinski definition) is 3. The van der Waals surface area contributed by atoms with E-state index in [9.17, 15) is 4.79 Å². The van der Waals surface area contributed by atoms with E-state index in [1.165, 1.54) is 44.7 Å². The van der Waals surface area contributed by atoms with Crippen LogP contribution in [0.5, 0.6) is 0 Å². The second-order valence-electron chi connectivity index (χ2n) is 5.49. The van der Waals surface area contributed by atoms with Crippen molar-refractivity contribution in [3.05, 3.63) is 24.0 Å². The molecular formula is C15H23N3O. The second-order valence-corrected chi connectivity index (χ2v) is 5.49. The zero-order valence-electron chi connectivity index (χ0n) is 11.6. The summed E-state index contributed by atoms with van der Waals surface area (Å²) in [5.41, 5.74) is 6.58. The molecule has 4 heteroatoms. The molecule has 2 rings (SSSR count). The highest BCUT2D eigenvalue weighted by Gasteiger charge is 2.21. The molecule has 0 aromatic carbocycles. The van der Waals surface area contributed by atoms with Gasteiger partial charge in [-0.25, -0.2) is 4.98 Å². The maximum Gasteiger partial charge on any atom is 0.270 e. The van der Waals surface area contributed by atoms with E-state index < -0.39 is 0 Å². The van der Waals surface area contributed by atoms with Crippen LogP contribution in [-0.4, -0.2) is 16.9 Å². The summed E-state index contributed by atoms with van der Waals surface area (Å²) in [6, 6.07) is 3.59. The van der Waals surface area contributed by atoms with Crippen molar-refractivity contribution in [1.82, 2.24) is 10.3 Å². The Hall–Kier alpha value is -1.58. The molecule has 1 heterocycles. The molecule has 1 aliphatic carbocycles. The molecule has 0 spiro atoms. The Morgan fingerprint density at radius 2 is 2.00 bits per heavy atom. The lowest BCUT2D eigenvalue weighted by atomic mass is 9.93. The van der Waals surface area contributed by atoms with Crippen LogP contribution in [0.2, 0.25) is 0 Å². The minimum atomic E-state index is -0.100. The van der Waals surface area contributed by atoms with Gasteiger partial charge in [0.1, 0.15) is 5.69 Å². The Bertz CT molecular complexity index is 408. The molecule has 1 saturated carbocycles. The fourth-order valence-corrected chi connectivity index (χ4v) is 2.75. The Morgan fingerprint density at radius 3 is 2.58 bits per heavy atom. The van der Waals surface area contributed by atoms with Crippen molar-refractivity contribution < 1.29 is 4.79 Å². The molecule has 104 valence electrons. The lowest BCUT2D eigenvalue weighted by molar-refractivity contribution is 0.0919. The van der Waals surface area contributed by atoms with E-state index >= 15 is 0 Å². The van der Waals surface area contributed by atoms with Crippen LogP contribution in [-0.2, 0) is 0 Å². The van der Waals surface area contributed by atoms with E-state index in [0.717, 1.165) is 0 Å². The van der Waals surface area contributed by atoms with Crippen LogP contribution in [0.25, 0.3) is 0 Å². The number of aromatic nitrogens is 1. The van der Waals surface area contributed by atoms with E-state index in [-0.39, 0.29) is 11.9 Å². The number of hydrogen-bond donors (Lipinski definition) is 2. The summed E-state index contributed by atoms with van der Waals surface area (Å²) in [7, 11) is 0. The van der Waals surface area contributed by atoms with Crippen LogP contribution >= 0.6 is 0 Å². The standard InChI is InChI=1S/C15H23N3O/c1-11(12-6-4-2-3-5-7-12)18-15(19)14-9-8-13(16)10-17-14/h8-12H,2-7,16H2,1H3,(H,18,19)/t11-/m1/s1. The molecule has 3 N–H and O–H groups in total. The highest BCUT2D eigenvalue weighted by atomic mass is 16.1. The summed E-state index contributed by atoms with van der Waals surface area (Å²) >= 11 is 0. The maximum absolute atomic E-state index is 12.1. The van der Waals surface area contributed by atoms with Crippen LogP contribution in [0.3, 0.4) is 0 Å². The van der Waals surface area contributed by atoms with E-state index in [2.05, 4.69) is 17.2 Å². The van der Waals surface area contributed by atoms with Crippen molar-refractivity contribution >= 4 is 11.6 Å². The first kappa shape index (κ1) is 13.8. The van der Waals surface area contributed by atoms with Gasteiger partial charge in [-0.1, -0.05) is 25.7 Å².